The molecule has 2 heterocycles. The standard InChI is InChI=1S/C21H24F6N2O4S/c22-20(23,24)16(30)14-7-8-15(34-14)17(31)28-13-19(9-3-1-4-10-19)29(11-5-2-6-12-29)33-18(32)21(25,26)27/h7-8H,1-6,9-13H2/p+1. The van der Waals surface area contributed by atoms with Crippen LogP contribution < -0.4 is 5.32 Å². The molecule has 3 rings (SSSR count). The van der Waals surface area contributed by atoms with Gasteiger partial charge < -0.3 is 5.32 Å². The highest BCUT2D eigenvalue weighted by Crippen LogP contribution is 2.43. The summed E-state index contributed by atoms with van der Waals surface area (Å²) in [5.74, 6) is -5.08. The summed E-state index contributed by atoms with van der Waals surface area (Å²) in [6, 6.07) is 2.01. The number of thiophene rings is 1. The lowest BCUT2D eigenvalue weighted by Crippen LogP contribution is -2.71. The highest BCUT2D eigenvalue weighted by atomic mass is 32.1. The number of rotatable bonds is 6. The quantitative estimate of drug-likeness (QED) is 0.331. The fraction of sp³-hybridized carbons (Fsp3) is 0.667. The summed E-state index contributed by atoms with van der Waals surface area (Å²) in [6.07, 6.45) is -5.35. The van der Waals surface area contributed by atoms with Crippen molar-refractivity contribution < 1.29 is 50.2 Å². The molecule has 1 aliphatic carbocycles. The minimum absolute atomic E-state index is 0.114. The van der Waals surface area contributed by atoms with Gasteiger partial charge in [0.1, 0.15) is 13.1 Å². The van der Waals surface area contributed by atoms with Crippen LogP contribution in [0.5, 0.6) is 0 Å². The van der Waals surface area contributed by atoms with E-state index in [4.69, 9.17) is 4.84 Å². The van der Waals surface area contributed by atoms with Gasteiger partial charge in [-0.1, -0.05) is 6.42 Å². The Kier molecular flexibility index (Phi) is 7.66. The second-order valence-electron chi connectivity index (χ2n) is 8.73. The van der Waals surface area contributed by atoms with Crippen molar-refractivity contribution in [1.29, 1.82) is 0 Å². The summed E-state index contributed by atoms with van der Waals surface area (Å²) in [6.45, 7) is 0.249. The summed E-state index contributed by atoms with van der Waals surface area (Å²) < 4.78 is 76.7. The Morgan fingerprint density at radius 1 is 0.882 bits per heavy atom. The normalized spacial score (nSPS) is 20.4. The Bertz CT molecular complexity index is 915. The lowest BCUT2D eigenvalue weighted by Gasteiger charge is -2.52. The molecular weight excluding hydrogens is 490 g/mol. The van der Waals surface area contributed by atoms with Crippen LogP contribution in [0.1, 0.15) is 70.7 Å². The van der Waals surface area contributed by atoms with Gasteiger partial charge in [-0.25, -0.2) is 4.79 Å². The maximum atomic E-state index is 13.1. The lowest BCUT2D eigenvalue weighted by atomic mass is 9.78. The zero-order valence-corrected chi connectivity index (χ0v) is 19.0. The molecule has 0 spiro atoms. The van der Waals surface area contributed by atoms with Gasteiger partial charge in [-0.05, 0) is 31.4 Å². The van der Waals surface area contributed by atoms with Crippen LogP contribution in [0, 0.1) is 0 Å². The first kappa shape index (κ1) is 26.5. The van der Waals surface area contributed by atoms with Crippen molar-refractivity contribution in [1.82, 2.24) is 5.32 Å². The van der Waals surface area contributed by atoms with Gasteiger partial charge >= 0.3 is 18.3 Å². The van der Waals surface area contributed by atoms with Crippen molar-refractivity contribution in [3.05, 3.63) is 21.9 Å². The van der Waals surface area contributed by atoms with E-state index in [1.54, 1.807) is 0 Å². The number of Topliss-reactive ketones (excluding diaryl/α,β-unsaturated/α-hetero) is 1. The van der Waals surface area contributed by atoms with Gasteiger partial charge in [0.2, 0.25) is 0 Å². The third-order valence-corrected chi connectivity index (χ3v) is 7.65. The minimum Gasteiger partial charge on any atom is -0.345 e. The Labute approximate surface area is 195 Å². The number of likely N-dealkylation sites (tertiary alicyclic amines) is 1. The van der Waals surface area contributed by atoms with Crippen LogP contribution in [-0.2, 0) is 9.63 Å². The highest BCUT2D eigenvalue weighted by Gasteiger charge is 2.59. The van der Waals surface area contributed by atoms with Crippen LogP contribution in [0.3, 0.4) is 0 Å². The minimum atomic E-state index is -5.17. The second-order valence-corrected chi connectivity index (χ2v) is 9.82. The Morgan fingerprint density at radius 3 is 2.00 bits per heavy atom. The molecule has 190 valence electrons. The molecule has 0 bridgehead atoms. The molecule has 1 saturated carbocycles. The summed E-state index contributed by atoms with van der Waals surface area (Å²) in [5, 5.41) is 2.63. The zero-order valence-electron chi connectivity index (χ0n) is 18.2. The number of quaternary nitrogens is 1. The summed E-state index contributed by atoms with van der Waals surface area (Å²) in [7, 11) is 0. The monoisotopic (exact) mass is 515 g/mol. The number of carbonyl (C=O) groups excluding carboxylic acids is 3. The van der Waals surface area contributed by atoms with Gasteiger partial charge in [-0.3, -0.25) is 14.4 Å². The van der Waals surface area contributed by atoms with Crippen LogP contribution >= 0.6 is 11.3 Å². The van der Waals surface area contributed by atoms with E-state index in [1.165, 1.54) is 0 Å². The molecule has 0 radical (unpaired) electrons. The fourth-order valence-electron chi connectivity index (χ4n) is 4.89. The van der Waals surface area contributed by atoms with Gasteiger partial charge in [0.15, 0.2) is 5.54 Å². The van der Waals surface area contributed by atoms with Crippen LogP contribution in [0.2, 0.25) is 0 Å². The number of nitrogens with zero attached hydrogens (tertiary/aromatic N) is 1. The number of piperidine rings is 1. The molecule has 0 atom stereocenters. The Morgan fingerprint density at radius 2 is 1.44 bits per heavy atom. The van der Waals surface area contributed by atoms with E-state index < -0.39 is 45.1 Å². The van der Waals surface area contributed by atoms with Crippen molar-refractivity contribution >= 4 is 29.0 Å². The maximum Gasteiger partial charge on any atom is 0.497 e. The largest absolute Gasteiger partial charge is 0.497 e. The molecule has 1 aliphatic heterocycles. The number of alkyl halides is 6. The Hall–Kier alpha value is -2.15. The SMILES string of the molecule is O=C(NCC1([N+]2(OC(=O)C(F)(F)F)CCCCC2)CCCCC1)c1ccc(C(=O)C(F)(F)F)s1. The zero-order chi connectivity index (χ0) is 25.2. The number of halogens is 6. The number of hydrogen-bond acceptors (Lipinski definition) is 5. The van der Waals surface area contributed by atoms with E-state index in [0.29, 0.717) is 49.9 Å². The summed E-state index contributed by atoms with van der Waals surface area (Å²) >= 11 is 0.389. The first-order valence-corrected chi connectivity index (χ1v) is 11.8. The number of hydroxylamine groups is 3. The van der Waals surface area contributed by atoms with Gasteiger partial charge in [0, 0.05) is 25.7 Å². The van der Waals surface area contributed by atoms with Gasteiger partial charge in [0.25, 0.3) is 11.7 Å². The molecule has 6 nitrogen and oxygen atoms in total. The van der Waals surface area contributed by atoms with E-state index in [0.717, 1.165) is 25.0 Å². The third kappa shape index (κ3) is 5.56. The molecule has 1 amide bonds. The second kappa shape index (κ2) is 9.84. The first-order chi connectivity index (χ1) is 15.8. The molecule has 2 aliphatic rings. The van der Waals surface area contributed by atoms with Crippen molar-refractivity contribution in [3.63, 3.8) is 0 Å². The predicted molar refractivity (Wildman–Crippen MR) is 109 cm³/mol. The Balaban J connectivity index is 1.83. The molecule has 1 aromatic heterocycles. The highest BCUT2D eigenvalue weighted by molar-refractivity contribution is 7.16. The molecule has 0 unspecified atom stereocenters. The van der Waals surface area contributed by atoms with E-state index in [9.17, 15) is 40.7 Å². The third-order valence-electron chi connectivity index (χ3n) is 6.57. The number of ketones is 1. The van der Waals surface area contributed by atoms with Crippen molar-refractivity contribution in [3.8, 4) is 0 Å². The van der Waals surface area contributed by atoms with E-state index in [1.807, 2.05) is 0 Å². The van der Waals surface area contributed by atoms with Crippen LogP contribution in [-0.4, -0.2) is 59.8 Å². The maximum absolute atomic E-state index is 13.1. The average Bonchev–Trinajstić information content (AvgIpc) is 3.27. The van der Waals surface area contributed by atoms with Crippen molar-refractivity contribution in [2.24, 2.45) is 0 Å². The van der Waals surface area contributed by atoms with E-state index in [-0.39, 0.29) is 24.5 Å². The smallest absolute Gasteiger partial charge is 0.345 e. The van der Waals surface area contributed by atoms with E-state index in [2.05, 4.69) is 5.32 Å². The predicted octanol–water partition coefficient (Wildman–Crippen LogP) is 4.95. The van der Waals surface area contributed by atoms with Crippen molar-refractivity contribution in [2.45, 2.75) is 69.3 Å². The lowest BCUT2D eigenvalue weighted by molar-refractivity contribution is -1.13. The van der Waals surface area contributed by atoms with Gasteiger partial charge in [0.05, 0.1) is 16.3 Å². The fourth-order valence-corrected chi connectivity index (χ4v) is 5.77. The molecule has 1 saturated heterocycles. The molecule has 1 aromatic rings. The molecule has 34 heavy (non-hydrogen) atoms. The first-order valence-electron chi connectivity index (χ1n) is 11.0. The molecule has 13 heteroatoms. The number of nitrogens with one attached hydrogen (secondary N) is 1. The molecule has 0 aromatic carbocycles. The number of hydrogen-bond donors (Lipinski definition) is 1. The topological polar surface area (TPSA) is 72.5 Å². The molecule has 2 fully saturated rings. The number of carbonyl (C=O) groups is 3. The number of amides is 1. The molecule has 1 N–H and O–H groups in total. The average molecular weight is 515 g/mol. The summed E-state index contributed by atoms with van der Waals surface area (Å²) in [4.78, 5) is 40.3. The van der Waals surface area contributed by atoms with Crippen LogP contribution in [0.25, 0.3) is 0 Å². The van der Waals surface area contributed by atoms with E-state index >= 15 is 0 Å². The van der Waals surface area contributed by atoms with Crippen LogP contribution in [0.4, 0.5) is 26.3 Å². The van der Waals surface area contributed by atoms with Gasteiger partial charge in [-0.15, -0.1) is 16.0 Å². The van der Waals surface area contributed by atoms with Crippen molar-refractivity contribution in [2.75, 3.05) is 19.6 Å². The summed E-state index contributed by atoms with van der Waals surface area (Å²) in [5.41, 5.74) is -0.989. The van der Waals surface area contributed by atoms with Crippen LogP contribution in [0.15, 0.2) is 12.1 Å². The van der Waals surface area contributed by atoms with Gasteiger partial charge in [-0.2, -0.15) is 26.3 Å². The molecular formula is C21H25F6N2O4S+.